The van der Waals surface area contributed by atoms with Gasteiger partial charge in [-0.25, -0.2) is 37.3 Å². The zero-order chi connectivity index (χ0) is 29.6. The topological polar surface area (TPSA) is 271 Å². The Kier molecular flexibility index (Phi) is 18.4. The van der Waals surface area contributed by atoms with Crippen molar-refractivity contribution in [3.05, 3.63) is 48.0 Å². The van der Waals surface area contributed by atoms with Crippen molar-refractivity contribution in [3.63, 3.8) is 0 Å². The van der Waals surface area contributed by atoms with Crippen LogP contribution in [0.1, 0.15) is 19.4 Å². The average Bonchev–Trinajstić information content (AvgIpc) is 2.80. The van der Waals surface area contributed by atoms with Crippen molar-refractivity contribution < 1.29 is 74.8 Å². The molecule has 1 saturated heterocycles. The van der Waals surface area contributed by atoms with Gasteiger partial charge < -0.3 is 32.3 Å². The van der Waals surface area contributed by atoms with Crippen molar-refractivity contribution in [2.45, 2.75) is 31.5 Å². The van der Waals surface area contributed by atoms with Gasteiger partial charge in [0, 0.05) is 70.0 Å². The number of nitrogens with two attached hydrogens (primary N) is 1. The second-order valence-electron chi connectivity index (χ2n) is 9.67. The minimum absolute atomic E-state index is 0. The van der Waals surface area contributed by atoms with E-state index in [0.717, 1.165) is 58.9 Å². The second kappa shape index (κ2) is 18.7. The first-order valence-corrected chi connectivity index (χ1v) is 14.5. The maximum atomic E-state index is 8.49. The quantitative estimate of drug-likeness (QED) is 0.167. The summed E-state index contributed by atoms with van der Waals surface area (Å²) in [5.74, 6) is 0. The van der Waals surface area contributed by atoms with Crippen LogP contribution in [-0.2, 0) is 23.6 Å². The van der Waals surface area contributed by atoms with Gasteiger partial charge >= 0.3 is 17.1 Å². The molecule has 2 aromatic carbocycles. The van der Waals surface area contributed by atoms with E-state index in [1.807, 2.05) is 0 Å². The van der Waals surface area contributed by atoms with Crippen molar-refractivity contribution in [1.82, 2.24) is 26.6 Å². The summed E-state index contributed by atoms with van der Waals surface area (Å²) in [6, 6.07) is 15.1. The first-order valence-electron chi connectivity index (χ1n) is 12.0. The molecular weight excluding hydrogens is 623 g/mol. The summed E-state index contributed by atoms with van der Waals surface area (Å²) in [5.41, 5.74) is 7.41. The Balaban J connectivity index is 0.00000119. The van der Waals surface area contributed by atoms with Gasteiger partial charge in [0.05, 0.1) is 0 Å². The SMILES string of the molecule is CC1(N)CNCCNCC(C)(NCc2cccc3ccccc23)CNCCNC1.[Cu+2].[O-][Cl+3]([O-])([O-])[O-].[O-][Cl+3]([O-])([O-])[O-]. The van der Waals surface area contributed by atoms with Gasteiger partial charge in [-0.2, -0.15) is 0 Å². The molecule has 0 aliphatic carbocycles. The summed E-state index contributed by atoms with van der Waals surface area (Å²) in [6.07, 6.45) is 0. The summed E-state index contributed by atoms with van der Waals surface area (Å²) in [5, 5.41) is 20.6. The van der Waals surface area contributed by atoms with Crippen LogP contribution >= 0.6 is 0 Å². The molecule has 17 heteroatoms. The van der Waals surface area contributed by atoms with Crippen molar-refractivity contribution in [2.75, 3.05) is 52.4 Å². The molecule has 1 fully saturated rings. The minimum atomic E-state index is -4.94. The molecule has 0 amide bonds. The number of rotatable bonds is 3. The molecule has 0 saturated carbocycles. The van der Waals surface area contributed by atoms with Crippen molar-refractivity contribution in [2.24, 2.45) is 5.73 Å². The molecule has 0 aromatic heterocycles. The monoisotopic (exact) mass is 659 g/mol. The molecule has 0 bridgehead atoms. The van der Waals surface area contributed by atoms with Crippen LogP contribution in [0, 0.1) is 20.5 Å². The van der Waals surface area contributed by atoms with Crippen LogP contribution in [0.2, 0.25) is 0 Å². The Morgan fingerprint density at radius 3 is 1.57 bits per heavy atom. The normalized spacial score (nSPS) is 23.4. The van der Waals surface area contributed by atoms with Gasteiger partial charge in [-0.3, -0.25) is 0 Å². The van der Waals surface area contributed by atoms with Gasteiger partial charge in [0.2, 0.25) is 0 Å². The van der Waals surface area contributed by atoms with Crippen molar-refractivity contribution in [1.29, 1.82) is 0 Å². The second-order valence-corrected chi connectivity index (χ2v) is 11.2. The van der Waals surface area contributed by atoms with Gasteiger partial charge in [-0.1, -0.05) is 42.5 Å². The summed E-state index contributed by atoms with van der Waals surface area (Å²) in [7, 11) is -9.89. The molecule has 1 radical (unpaired) electrons. The molecule has 0 atom stereocenters. The van der Waals surface area contributed by atoms with E-state index >= 15 is 0 Å². The zero-order valence-electron chi connectivity index (χ0n) is 22.3. The van der Waals surface area contributed by atoms with E-state index in [1.165, 1.54) is 16.3 Å². The third kappa shape index (κ3) is 21.0. The molecule has 40 heavy (non-hydrogen) atoms. The maximum Gasteiger partial charge on any atom is 2.00 e. The molecule has 1 heterocycles. The van der Waals surface area contributed by atoms with Gasteiger partial charge in [0.15, 0.2) is 0 Å². The van der Waals surface area contributed by atoms with Gasteiger partial charge in [0.1, 0.15) is 0 Å². The maximum absolute atomic E-state index is 8.49. The molecule has 7 N–H and O–H groups in total. The molecule has 1 aliphatic heterocycles. The number of nitrogens with one attached hydrogen (secondary N) is 5. The fourth-order valence-electron chi connectivity index (χ4n) is 3.84. The molecule has 3 rings (SSSR count). The van der Waals surface area contributed by atoms with E-state index in [-0.39, 0.29) is 28.1 Å². The summed E-state index contributed by atoms with van der Waals surface area (Å²) in [6.45, 7) is 12.3. The van der Waals surface area contributed by atoms with Gasteiger partial charge in [0.25, 0.3) is 0 Å². The van der Waals surface area contributed by atoms with Crippen molar-refractivity contribution in [3.8, 4) is 0 Å². The van der Waals surface area contributed by atoms with Crippen LogP contribution in [0.15, 0.2) is 42.5 Å². The third-order valence-corrected chi connectivity index (χ3v) is 5.63. The van der Waals surface area contributed by atoms with Crippen LogP contribution in [0.25, 0.3) is 10.8 Å². The Morgan fingerprint density at radius 2 is 1.10 bits per heavy atom. The number of fused-ring (bicyclic) bond motifs is 1. The molecule has 0 unspecified atom stereocenters. The number of benzene rings is 2. The Morgan fingerprint density at radius 1 is 0.700 bits per heavy atom. The van der Waals surface area contributed by atoms with E-state index in [2.05, 4.69) is 82.9 Å². The molecule has 233 valence electrons. The molecular formula is C23H38Cl2CuN6O8. The van der Waals surface area contributed by atoms with E-state index in [4.69, 9.17) is 43.0 Å². The zero-order valence-corrected chi connectivity index (χ0v) is 24.8. The van der Waals surface area contributed by atoms with Crippen molar-refractivity contribution >= 4 is 10.8 Å². The van der Waals surface area contributed by atoms with Crippen LogP contribution < -0.4 is 69.6 Å². The Hall–Kier alpha value is -0.761. The van der Waals surface area contributed by atoms with E-state index in [1.54, 1.807) is 0 Å². The predicted octanol–water partition coefficient (Wildman–Crippen LogP) is -8.74. The number of halogens is 2. The van der Waals surface area contributed by atoms with E-state index in [9.17, 15) is 0 Å². The fourth-order valence-corrected chi connectivity index (χ4v) is 3.84. The standard InChI is InChI=1S/C23H38N6.2ClHO4.Cu/c1-22(24)15-25-10-12-27-17-23(2,18-28-13-11-26-16-22)29-14-20-8-5-7-19-6-3-4-9-21(19)20;2*2-1(3,4)5;/h3-9,25-29H,10-18,24H2,1-2H3;2*(H,2,3,4,5);/q;;;+2/p-2. The van der Waals surface area contributed by atoms with Gasteiger partial charge in [-0.05, 0) is 30.2 Å². The summed E-state index contributed by atoms with van der Waals surface area (Å²) >= 11 is 0. The van der Waals surface area contributed by atoms with Crippen LogP contribution in [0.3, 0.4) is 0 Å². The molecule has 0 spiro atoms. The van der Waals surface area contributed by atoms with E-state index < -0.39 is 20.5 Å². The van der Waals surface area contributed by atoms with Crippen LogP contribution in [-0.4, -0.2) is 63.4 Å². The number of hydrogen-bond donors (Lipinski definition) is 6. The summed E-state index contributed by atoms with van der Waals surface area (Å²) < 4.78 is 67.9. The predicted molar refractivity (Wildman–Crippen MR) is 123 cm³/mol. The minimum Gasteiger partial charge on any atom is -0.323 e. The Labute approximate surface area is 249 Å². The first kappa shape index (κ1) is 39.2. The molecule has 2 aromatic rings. The number of hydrogen-bond acceptors (Lipinski definition) is 14. The third-order valence-electron chi connectivity index (χ3n) is 5.63. The Bertz CT molecular complexity index is 922. The molecule has 1 aliphatic rings. The van der Waals surface area contributed by atoms with E-state index in [0.29, 0.717) is 0 Å². The largest absolute Gasteiger partial charge is 2.00 e. The smallest absolute Gasteiger partial charge is 0.323 e. The van der Waals surface area contributed by atoms with Crippen LogP contribution in [0.5, 0.6) is 0 Å². The summed E-state index contributed by atoms with van der Waals surface area (Å²) in [4.78, 5) is 0. The van der Waals surface area contributed by atoms with Crippen LogP contribution in [0.4, 0.5) is 0 Å². The average molecular weight is 661 g/mol. The fraction of sp³-hybridized carbons (Fsp3) is 0.565. The first-order chi connectivity index (χ1) is 18.0. The van der Waals surface area contributed by atoms with Gasteiger partial charge in [-0.15, -0.1) is 20.5 Å². The molecule has 14 nitrogen and oxygen atoms in total.